The van der Waals surface area contributed by atoms with Gasteiger partial charge in [-0.3, -0.25) is 0 Å². The maximum atomic E-state index is 13.3. The molecule has 0 fully saturated rings. The molecule has 0 aliphatic heterocycles. The van der Waals surface area contributed by atoms with Gasteiger partial charge in [-0.1, -0.05) is 6.92 Å². The van der Waals surface area contributed by atoms with Crippen molar-refractivity contribution in [2.75, 3.05) is 11.9 Å². The van der Waals surface area contributed by atoms with Crippen molar-refractivity contribution in [3.05, 3.63) is 59.9 Å². The Labute approximate surface area is 151 Å². The van der Waals surface area contributed by atoms with E-state index in [0.717, 1.165) is 28.8 Å². The third-order valence-electron chi connectivity index (χ3n) is 4.79. The number of carboxylic acid groups (broad SMARTS) is 1. The third-order valence-corrected chi connectivity index (χ3v) is 4.79. The van der Waals surface area contributed by atoms with Gasteiger partial charge in [0.05, 0.1) is 22.5 Å². The normalized spacial score (nSPS) is 12.2. The minimum Gasteiger partial charge on any atom is -0.478 e. The maximum absolute atomic E-state index is 13.3. The van der Waals surface area contributed by atoms with Gasteiger partial charge in [0.2, 0.25) is 0 Å². The lowest BCUT2D eigenvalue weighted by atomic mass is 10.0. The molecule has 0 saturated carbocycles. The first kappa shape index (κ1) is 17.9. The molecule has 5 heteroatoms. The summed E-state index contributed by atoms with van der Waals surface area (Å²) in [6, 6.07) is 13.4. The largest absolute Gasteiger partial charge is 0.478 e. The Hall–Kier alpha value is -2.95. The van der Waals surface area contributed by atoms with Crippen LogP contribution in [0.25, 0.3) is 22.2 Å². The number of carboxylic acids is 1. The molecule has 4 nitrogen and oxygen atoms in total. The summed E-state index contributed by atoms with van der Waals surface area (Å²) in [5.41, 5.74) is 3.40. The van der Waals surface area contributed by atoms with Crippen molar-refractivity contribution in [2.45, 2.75) is 26.3 Å². The summed E-state index contributed by atoms with van der Waals surface area (Å²) in [6.45, 7) is 4.22. The molecular formula is C21H21FN2O2. The van der Waals surface area contributed by atoms with Crippen LogP contribution in [0.2, 0.25) is 0 Å². The number of pyridine rings is 1. The summed E-state index contributed by atoms with van der Waals surface area (Å²) in [6.07, 6.45) is 0.951. The second kappa shape index (κ2) is 7.12. The Morgan fingerprint density at radius 3 is 2.50 bits per heavy atom. The molecule has 26 heavy (non-hydrogen) atoms. The Bertz CT molecular complexity index is 954. The van der Waals surface area contributed by atoms with Crippen molar-refractivity contribution in [2.24, 2.45) is 0 Å². The predicted octanol–water partition coefficient (Wildman–Crippen LogP) is 4.97. The number of carbonyl (C=O) groups is 1. The van der Waals surface area contributed by atoms with Crippen molar-refractivity contribution in [3.8, 4) is 11.3 Å². The zero-order valence-electron chi connectivity index (χ0n) is 15.0. The topological polar surface area (TPSA) is 53.4 Å². The van der Waals surface area contributed by atoms with E-state index in [4.69, 9.17) is 4.98 Å². The van der Waals surface area contributed by atoms with Crippen LogP contribution in [-0.4, -0.2) is 29.1 Å². The number of nitrogens with zero attached hydrogens (tertiary/aromatic N) is 2. The smallest absolute Gasteiger partial charge is 0.335 e. The van der Waals surface area contributed by atoms with Crippen molar-refractivity contribution in [1.82, 2.24) is 4.98 Å². The molecule has 1 aromatic heterocycles. The molecule has 1 heterocycles. The molecule has 0 aliphatic rings. The minimum atomic E-state index is -0.966. The summed E-state index contributed by atoms with van der Waals surface area (Å²) >= 11 is 0. The van der Waals surface area contributed by atoms with Gasteiger partial charge in [0.1, 0.15) is 5.82 Å². The molecule has 3 rings (SSSR count). The molecule has 134 valence electrons. The van der Waals surface area contributed by atoms with E-state index in [0.29, 0.717) is 5.52 Å². The highest BCUT2D eigenvalue weighted by Gasteiger charge is 2.17. The standard InChI is InChI=1S/C21H21FN2O2/c1-4-13(2)24(3)19-12-16-11-15(21(25)26)7-10-18(16)23-20(19)14-5-8-17(22)9-6-14/h5-13H,4H2,1-3H3,(H,25,26)/t13-/m0/s1. The molecule has 0 aliphatic carbocycles. The first-order valence-electron chi connectivity index (χ1n) is 8.57. The van der Waals surface area contributed by atoms with Gasteiger partial charge in [-0.25, -0.2) is 14.2 Å². The van der Waals surface area contributed by atoms with Gasteiger partial charge in [0.15, 0.2) is 0 Å². The van der Waals surface area contributed by atoms with E-state index in [9.17, 15) is 14.3 Å². The van der Waals surface area contributed by atoms with E-state index in [1.807, 2.05) is 13.1 Å². The highest BCUT2D eigenvalue weighted by Crippen LogP contribution is 2.33. The molecule has 0 radical (unpaired) electrons. The Morgan fingerprint density at radius 1 is 1.19 bits per heavy atom. The third kappa shape index (κ3) is 3.38. The SMILES string of the molecule is CC[C@H](C)N(C)c1cc2cc(C(=O)O)ccc2nc1-c1ccc(F)cc1. The molecule has 2 aromatic carbocycles. The molecule has 0 bridgehead atoms. The lowest BCUT2D eigenvalue weighted by Crippen LogP contribution is -2.28. The Kier molecular flexibility index (Phi) is 4.89. The summed E-state index contributed by atoms with van der Waals surface area (Å²) in [4.78, 5) is 18.2. The number of hydrogen-bond donors (Lipinski definition) is 1. The van der Waals surface area contributed by atoms with Crippen LogP contribution in [0.5, 0.6) is 0 Å². The summed E-state index contributed by atoms with van der Waals surface area (Å²) in [5, 5.41) is 10.0. The Balaban J connectivity index is 2.24. The number of hydrogen-bond acceptors (Lipinski definition) is 3. The molecule has 0 amide bonds. The number of anilines is 1. The lowest BCUT2D eigenvalue weighted by Gasteiger charge is -2.28. The summed E-state index contributed by atoms with van der Waals surface area (Å²) in [5.74, 6) is -1.26. The number of benzene rings is 2. The van der Waals surface area contributed by atoms with Crippen LogP contribution in [0.4, 0.5) is 10.1 Å². The average Bonchev–Trinajstić information content (AvgIpc) is 2.65. The van der Waals surface area contributed by atoms with E-state index in [1.165, 1.54) is 12.1 Å². The molecule has 1 atom stereocenters. The number of aromatic carboxylic acids is 1. The van der Waals surface area contributed by atoms with Crippen LogP contribution >= 0.6 is 0 Å². The molecule has 0 unspecified atom stereocenters. The molecule has 0 saturated heterocycles. The van der Waals surface area contributed by atoms with E-state index in [-0.39, 0.29) is 17.4 Å². The van der Waals surface area contributed by atoms with Gasteiger partial charge in [0, 0.05) is 24.0 Å². The first-order chi connectivity index (χ1) is 12.4. The van der Waals surface area contributed by atoms with E-state index in [2.05, 4.69) is 18.7 Å². The fourth-order valence-corrected chi connectivity index (χ4v) is 2.90. The van der Waals surface area contributed by atoms with Gasteiger partial charge in [-0.15, -0.1) is 0 Å². The molecule has 3 aromatic rings. The van der Waals surface area contributed by atoms with Crippen LogP contribution in [0.1, 0.15) is 30.6 Å². The van der Waals surface area contributed by atoms with Crippen LogP contribution < -0.4 is 4.90 Å². The van der Waals surface area contributed by atoms with Crippen LogP contribution in [-0.2, 0) is 0 Å². The maximum Gasteiger partial charge on any atom is 0.335 e. The number of rotatable bonds is 5. The van der Waals surface area contributed by atoms with Crippen LogP contribution in [0.15, 0.2) is 48.5 Å². The van der Waals surface area contributed by atoms with Gasteiger partial charge >= 0.3 is 5.97 Å². The monoisotopic (exact) mass is 352 g/mol. The number of aromatic nitrogens is 1. The molecular weight excluding hydrogens is 331 g/mol. The van der Waals surface area contributed by atoms with E-state index in [1.54, 1.807) is 30.3 Å². The van der Waals surface area contributed by atoms with Crippen LogP contribution in [0, 0.1) is 5.82 Å². The second-order valence-electron chi connectivity index (χ2n) is 6.44. The van der Waals surface area contributed by atoms with Crippen LogP contribution in [0.3, 0.4) is 0 Å². The van der Waals surface area contributed by atoms with E-state index >= 15 is 0 Å². The quantitative estimate of drug-likeness (QED) is 0.704. The lowest BCUT2D eigenvalue weighted by molar-refractivity contribution is 0.0697. The summed E-state index contributed by atoms with van der Waals surface area (Å²) in [7, 11) is 1.99. The highest BCUT2D eigenvalue weighted by atomic mass is 19.1. The molecule has 0 spiro atoms. The fourth-order valence-electron chi connectivity index (χ4n) is 2.90. The Morgan fingerprint density at radius 2 is 1.88 bits per heavy atom. The zero-order chi connectivity index (χ0) is 18.8. The molecule has 1 N–H and O–H groups in total. The predicted molar refractivity (Wildman–Crippen MR) is 102 cm³/mol. The van der Waals surface area contributed by atoms with E-state index < -0.39 is 5.97 Å². The van der Waals surface area contributed by atoms with Crippen molar-refractivity contribution < 1.29 is 14.3 Å². The first-order valence-corrected chi connectivity index (χ1v) is 8.57. The minimum absolute atomic E-state index is 0.228. The average molecular weight is 352 g/mol. The van der Waals surface area contributed by atoms with Crippen molar-refractivity contribution in [1.29, 1.82) is 0 Å². The highest BCUT2D eigenvalue weighted by molar-refractivity contribution is 5.96. The van der Waals surface area contributed by atoms with Gasteiger partial charge in [0.25, 0.3) is 0 Å². The fraction of sp³-hybridized carbons (Fsp3) is 0.238. The van der Waals surface area contributed by atoms with Crippen molar-refractivity contribution >= 4 is 22.6 Å². The number of fused-ring (bicyclic) bond motifs is 1. The zero-order valence-corrected chi connectivity index (χ0v) is 15.0. The number of halogens is 1. The van der Waals surface area contributed by atoms with Gasteiger partial charge in [-0.05, 0) is 61.9 Å². The van der Waals surface area contributed by atoms with Gasteiger partial charge < -0.3 is 10.0 Å². The van der Waals surface area contributed by atoms with Gasteiger partial charge in [-0.2, -0.15) is 0 Å². The van der Waals surface area contributed by atoms with Crippen molar-refractivity contribution in [3.63, 3.8) is 0 Å². The second-order valence-corrected chi connectivity index (χ2v) is 6.44. The summed E-state index contributed by atoms with van der Waals surface area (Å²) < 4.78 is 13.3.